The number of amides is 1. The van der Waals surface area contributed by atoms with E-state index in [-0.39, 0.29) is 6.61 Å². The molecule has 3 rings (SSSR count). The lowest BCUT2D eigenvalue weighted by atomic mass is 10.2. The minimum Gasteiger partial charge on any atom is -0.493 e. The van der Waals surface area contributed by atoms with E-state index in [1.165, 1.54) is 13.3 Å². The molecule has 1 N–H and O–H groups in total. The van der Waals surface area contributed by atoms with Gasteiger partial charge in [-0.05, 0) is 55.8 Å². The SMILES string of the molecule is CCOc1ccc(C(=O)N/N=C/c2cc(Cl)c(OCc3ccccc3Cl)c(OCC)c2)cc1OC. The molecule has 0 aliphatic rings. The van der Waals surface area contributed by atoms with Gasteiger partial charge in [-0.3, -0.25) is 4.79 Å². The van der Waals surface area contributed by atoms with Crippen LogP contribution in [0.4, 0.5) is 0 Å². The first kappa shape index (κ1) is 26.2. The van der Waals surface area contributed by atoms with Crippen LogP contribution in [0.15, 0.2) is 59.7 Å². The molecule has 0 bridgehead atoms. The second-order valence-corrected chi connectivity index (χ2v) is 7.96. The largest absolute Gasteiger partial charge is 0.493 e. The van der Waals surface area contributed by atoms with Crippen molar-refractivity contribution in [3.05, 3.63) is 81.3 Å². The molecule has 0 spiro atoms. The summed E-state index contributed by atoms with van der Waals surface area (Å²) >= 11 is 12.7. The van der Waals surface area contributed by atoms with Gasteiger partial charge in [0.1, 0.15) is 6.61 Å². The molecule has 0 radical (unpaired) electrons. The van der Waals surface area contributed by atoms with Crippen LogP contribution in [0.3, 0.4) is 0 Å². The van der Waals surface area contributed by atoms with E-state index in [9.17, 15) is 4.79 Å². The Morgan fingerprint density at radius 1 is 0.914 bits per heavy atom. The number of hydrogen-bond acceptors (Lipinski definition) is 6. The van der Waals surface area contributed by atoms with Crippen LogP contribution in [0.1, 0.15) is 35.3 Å². The van der Waals surface area contributed by atoms with Gasteiger partial charge in [-0.1, -0.05) is 41.4 Å². The zero-order chi connectivity index (χ0) is 25.2. The number of nitrogens with one attached hydrogen (secondary N) is 1. The smallest absolute Gasteiger partial charge is 0.271 e. The van der Waals surface area contributed by atoms with Gasteiger partial charge in [0.25, 0.3) is 5.91 Å². The normalized spacial score (nSPS) is 10.8. The first-order valence-electron chi connectivity index (χ1n) is 10.9. The minimum atomic E-state index is -0.404. The number of hydrazone groups is 1. The molecule has 3 aromatic carbocycles. The number of carbonyl (C=O) groups is 1. The van der Waals surface area contributed by atoms with E-state index in [0.29, 0.717) is 57.4 Å². The molecule has 0 saturated carbocycles. The number of methoxy groups -OCH3 is 1. The topological polar surface area (TPSA) is 78.4 Å². The lowest BCUT2D eigenvalue weighted by Crippen LogP contribution is -2.17. The average Bonchev–Trinajstić information content (AvgIpc) is 2.85. The number of rotatable bonds is 11. The fourth-order valence-corrected chi connectivity index (χ4v) is 3.61. The Labute approximate surface area is 214 Å². The van der Waals surface area contributed by atoms with Crippen LogP contribution in [0.5, 0.6) is 23.0 Å². The van der Waals surface area contributed by atoms with E-state index in [4.69, 9.17) is 42.1 Å². The van der Waals surface area contributed by atoms with Gasteiger partial charge in [-0.2, -0.15) is 5.10 Å². The molecule has 0 aromatic heterocycles. The first-order chi connectivity index (χ1) is 17.0. The summed E-state index contributed by atoms with van der Waals surface area (Å²) in [5, 5.41) is 4.98. The van der Waals surface area contributed by atoms with Crippen molar-refractivity contribution in [2.45, 2.75) is 20.5 Å². The van der Waals surface area contributed by atoms with Crippen LogP contribution in [0, 0.1) is 0 Å². The number of hydrogen-bond donors (Lipinski definition) is 1. The predicted molar refractivity (Wildman–Crippen MR) is 138 cm³/mol. The van der Waals surface area contributed by atoms with Crippen molar-refractivity contribution in [1.29, 1.82) is 0 Å². The fourth-order valence-electron chi connectivity index (χ4n) is 3.14. The summed E-state index contributed by atoms with van der Waals surface area (Å²) in [6, 6.07) is 15.7. The predicted octanol–water partition coefficient (Wildman–Crippen LogP) is 6.14. The molecular formula is C26H26Cl2N2O5. The third-order valence-electron chi connectivity index (χ3n) is 4.77. The van der Waals surface area contributed by atoms with Gasteiger partial charge in [0.15, 0.2) is 23.0 Å². The zero-order valence-corrected chi connectivity index (χ0v) is 21.2. The number of ether oxygens (including phenoxy) is 4. The molecule has 0 saturated heterocycles. The van der Waals surface area contributed by atoms with Crippen LogP contribution < -0.4 is 24.4 Å². The molecule has 0 unspecified atom stereocenters. The van der Waals surface area contributed by atoms with E-state index in [2.05, 4.69) is 10.5 Å². The van der Waals surface area contributed by atoms with Gasteiger partial charge in [-0.25, -0.2) is 5.43 Å². The Balaban J connectivity index is 1.72. The number of carbonyl (C=O) groups excluding carboxylic acids is 1. The van der Waals surface area contributed by atoms with E-state index >= 15 is 0 Å². The monoisotopic (exact) mass is 516 g/mol. The molecule has 7 nitrogen and oxygen atoms in total. The van der Waals surface area contributed by atoms with Gasteiger partial charge >= 0.3 is 0 Å². The highest BCUT2D eigenvalue weighted by molar-refractivity contribution is 6.32. The summed E-state index contributed by atoms with van der Waals surface area (Å²) in [6.07, 6.45) is 1.47. The fraction of sp³-hybridized carbons (Fsp3) is 0.231. The second kappa shape index (κ2) is 12.9. The molecule has 35 heavy (non-hydrogen) atoms. The number of halogens is 2. The Morgan fingerprint density at radius 2 is 1.66 bits per heavy atom. The maximum atomic E-state index is 12.5. The van der Waals surface area contributed by atoms with Crippen LogP contribution in [-0.4, -0.2) is 32.4 Å². The Morgan fingerprint density at radius 3 is 2.37 bits per heavy atom. The summed E-state index contributed by atoms with van der Waals surface area (Å²) in [5.41, 5.74) is 4.31. The Bertz CT molecular complexity index is 1200. The molecule has 184 valence electrons. The summed E-state index contributed by atoms with van der Waals surface area (Å²) in [5.74, 6) is 1.47. The van der Waals surface area contributed by atoms with Crippen molar-refractivity contribution in [2.75, 3.05) is 20.3 Å². The van der Waals surface area contributed by atoms with E-state index in [0.717, 1.165) is 5.56 Å². The highest BCUT2D eigenvalue weighted by atomic mass is 35.5. The zero-order valence-electron chi connectivity index (χ0n) is 19.6. The lowest BCUT2D eigenvalue weighted by Gasteiger charge is -2.15. The van der Waals surface area contributed by atoms with Gasteiger partial charge in [-0.15, -0.1) is 0 Å². The molecule has 9 heteroatoms. The van der Waals surface area contributed by atoms with Crippen LogP contribution >= 0.6 is 23.2 Å². The van der Waals surface area contributed by atoms with Crippen LogP contribution in [0.2, 0.25) is 10.0 Å². The van der Waals surface area contributed by atoms with Crippen LogP contribution in [-0.2, 0) is 6.61 Å². The van der Waals surface area contributed by atoms with E-state index in [1.807, 2.05) is 32.0 Å². The molecule has 0 aliphatic heterocycles. The molecule has 1 amide bonds. The van der Waals surface area contributed by atoms with Crippen molar-refractivity contribution in [1.82, 2.24) is 5.43 Å². The molecule has 3 aromatic rings. The quantitative estimate of drug-likeness (QED) is 0.244. The van der Waals surface area contributed by atoms with Crippen molar-refractivity contribution in [3.8, 4) is 23.0 Å². The second-order valence-electron chi connectivity index (χ2n) is 7.14. The van der Waals surface area contributed by atoms with Crippen molar-refractivity contribution in [2.24, 2.45) is 5.10 Å². The third kappa shape index (κ3) is 7.04. The first-order valence-corrected chi connectivity index (χ1v) is 11.7. The van der Waals surface area contributed by atoms with Gasteiger partial charge in [0, 0.05) is 16.1 Å². The summed E-state index contributed by atoms with van der Waals surface area (Å²) < 4.78 is 22.4. The maximum absolute atomic E-state index is 12.5. The van der Waals surface area contributed by atoms with E-state index in [1.54, 1.807) is 36.4 Å². The van der Waals surface area contributed by atoms with Crippen molar-refractivity contribution >= 4 is 35.3 Å². The molecule has 0 fully saturated rings. The third-order valence-corrected chi connectivity index (χ3v) is 5.42. The van der Waals surface area contributed by atoms with Crippen molar-refractivity contribution in [3.63, 3.8) is 0 Å². The Hall–Kier alpha value is -3.42. The molecular weight excluding hydrogens is 491 g/mol. The van der Waals surface area contributed by atoms with Gasteiger partial charge < -0.3 is 18.9 Å². The maximum Gasteiger partial charge on any atom is 0.271 e. The lowest BCUT2D eigenvalue weighted by molar-refractivity contribution is 0.0954. The van der Waals surface area contributed by atoms with E-state index < -0.39 is 5.91 Å². The van der Waals surface area contributed by atoms with Gasteiger partial charge in [0.05, 0.1) is 31.6 Å². The number of benzene rings is 3. The number of nitrogens with zero attached hydrogens (tertiary/aromatic N) is 1. The highest BCUT2D eigenvalue weighted by Gasteiger charge is 2.14. The summed E-state index contributed by atoms with van der Waals surface area (Å²) in [7, 11) is 1.51. The standard InChI is InChI=1S/C26H26Cl2N2O5/c1-4-33-22-11-10-18(14-23(22)32-3)26(31)30-29-15-17-12-21(28)25(24(13-17)34-5-2)35-16-19-8-6-7-9-20(19)27/h6-15H,4-5,16H2,1-3H3,(H,30,31)/b29-15+. The van der Waals surface area contributed by atoms with Crippen LogP contribution in [0.25, 0.3) is 0 Å². The van der Waals surface area contributed by atoms with Crippen molar-refractivity contribution < 1.29 is 23.7 Å². The summed E-state index contributed by atoms with van der Waals surface area (Å²) in [4.78, 5) is 12.5. The Kier molecular flexibility index (Phi) is 9.64. The highest BCUT2D eigenvalue weighted by Crippen LogP contribution is 2.37. The average molecular weight is 517 g/mol. The molecule has 0 aliphatic carbocycles. The minimum absolute atomic E-state index is 0.231. The molecule has 0 heterocycles. The summed E-state index contributed by atoms with van der Waals surface area (Å²) in [6.45, 7) is 4.86. The van der Waals surface area contributed by atoms with Gasteiger partial charge in [0.2, 0.25) is 0 Å². The molecule has 0 atom stereocenters.